The molecule has 0 spiro atoms. The van der Waals surface area contributed by atoms with E-state index in [-0.39, 0.29) is 5.91 Å². The van der Waals surface area contributed by atoms with Gasteiger partial charge in [0.05, 0.1) is 5.16 Å². The molecular weight excluding hydrogens is 523 g/mol. The zero-order valence-corrected chi connectivity index (χ0v) is 24.6. The summed E-state index contributed by atoms with van der Waals surface area (Å²) in [6.45, 7) is 4.89. The topological polar surface area (TPSA) is 58.2 Å². The Morgan fingerprint density at radius 2 is 1.17 bits per heavy atom. The van der Waals surface area contributed by atoms with E-state index in [4.69, 9.17) is 0 Å². The number of anilines is 1. The van der Waals surface area contributed by atoms with Gasteiger partial charge in [0.15, 0.2) is 7.14 Å². The van der Waals surface area contributed by atoms with Crippen LogP contribution in [0, 0.1) is 6.92 Å². The number of benzene rings is 5. The Balaban J connectivity index is 1.58. The van der Waals surface area contributed by atoms with E-state index in [1.54, 1.807) is 0 Å². The number of carbonyl (C=O) groups is 1. The lowest BCUT2D eigenvalue weighted by molar-refractivity contribution is 0.102. The number of carbonyl (C=O) groups excluding carboxylic acids is 1. The fourth-order valence-electron chi connectivity index (χ4n) is 5.41. The van der Waals surface area contributed by atoms with Crippen molar-refractivity contribution in [2.75, 3.05) is 12.4 Å². The van der Waals surface area contributed by atoms with Crippen molar-refractivity contribution in [2.45, 2.75) is 25.5 Å². The van der Waals surface area contributed by atoms with Crippen molar-refractivity contribution in [3.05, 3.63) is 161 Å². The number of hydrogen-bond donors (Lipinski definition) is 2. The smallest absolute Gasteiger partial charge is 0.255 e. The van der Waals surface area contributed by atoms with E-state index in [2.05, 4.69) is 48.7 Å². The first-order valence-corrected chi connectivity index (χ1v) is 15.5. The maximum Gasteiger partial charge on any atom is 0.255 e. The molecule has 0 heterocycles. The predicted molar refractivity (Wildman–Crippen MR) is 171 cm³/mol. The second-order valence-corrected chi connectivity index (χ2v) is 13.6. The van der Waals surface area contributed by atoms with Crippen molar-refractivity contribution in [3.8, 4) is 0 Å². The van der Waals surface area contributed by atoms with Gasteiger partial charge in [-0.3, -0.25) is 4.79 Å². The summed E-state index contributed by atoms with van der Waals surface area (Å²) in [6, 6.07) is 43.2. The lowest BCUT2D eigenvalue weighted by atomic mass is 9.91. The molecule has 5 aromatic carbocycles. The van der Waals surface area contributed by atoms with Crippen LogP contribution in [0.4, 0.5) is 5.69 Å². The molecule has 2 N–H and O–H groups in total. The van der Waals surface area contributed by atoms with Crippen LogP contribution in [0.1, 0.15) is 39.5 Å². The maximum absolute atomic E-state index is 15.8. The van der Waals surface area contributed by atoms with Crippen LogP contribution < -0.4 is 21.2 Å². The van der Waals surface area contributed by atoms with Gasteiger partial charge in [-0.25, -0.2) is 0 Å². The molecule has 0 aliphatic carbocycles. The summed E-state index contributed by atoms with van der Waals surface area (Å²) < 4.78 is 15.8. The van der Waals surface area contributed by atoms with Crippen LogP contribution in [0.2, 0.25) is 0 Å². The largest absolute Gasteiger partial charge is 0.322 e. The highest BCUT2D eigenvalue weighted by atomic mass is 31.2. The number of amides is 1. The molecule has 5 rings (SSSR count). The molecule has 0 aliphatic heterocycles. The van der Waals surface area contributed by atoms with Gasteiger partial charge in [-0.15, -0.1) is 0 Å². The van der Waals surface area contributed by atoms with Crippen molar-refractivity contribution in [1.82, 2.24) is 5.32 Å². The Labute approximate surface area is 242 Å². The molecule has 0 aromatic heterocycles. The van der Waals surface area contributed by atoms with Crippen molar-refractivity contribution < 1.29 is 9.36 Å². The second-order valence-electron chi connectivity index (χ2n) is 10.5. The van der Waals surface area contributed by atoms with Gasteiger partial charge >= 0.3 is 0 Å². The number of hydrogen-bond acceptors (Lipinski definition) is 3. The Bertz CT molecular complexity index is 1610. The first kappa shape index (κ1) is 28.3. The molecule has 41 heavy (non-hydrogen) atoms. The molecule has 0 radical (unpaired) electrons. The highest BCUT2D eigenvalue weighted by Gasteiger charge is 2.49. The van der Waals surface area contributed by atoms with Crippen molar-refractivity contribution in [3.63, 3.8) is 0 Å². The highest BCUT2D eigenvalue weighted by Crippen LogP contribution is 2.64. The van der Waals surface area contributed by atoms with E-state index in [0.717, 1.165) is 39.4 Å². The lowest BCUT2D eigenvalue weighted by Crippen LogP contribution is -2.34. The van der Waals surface area contributed by atoms with Gasteiger partial charge in [0, 0.05) is 28.4 Å². The van der Waals surface area contributed by atoms with Crippen LogP contribution in [-0.2, 0) is 16.3 Å². The van der Waals surface area contributed by atoms with E-state index < -0.39 is 12.3 Å². The fraction of sp³-hybridized carbons (Fsp3) is 0.139. The fourth-order valence-corrected chi connectivity index (χ4v) is 8.95. The van der Waals surface area contributed by atoms with Crippen molar-refractivity contribution in [1.29, 1.82) is 0 Å². The van der Waals surface area contributed by atoms with Crippen LogP contribution in [0.25, 0.3) is 0 Å². The van der Waals surface area contributed by atoms with E-state index in [0.29, 0.717) is 11.3 Å². The molecule has 0 fully saturated rings. The average molecular weight is 559 g/mol. The molecule has 0 bridgehead atoms. The van der Waals surface area contributed by atoms with E-state index in [1.807, 2.05) is 116 Å². The van der Waals surface area contributed by atoms with Gasteiger partial charge in [-0.2, -0.15) is 0 Å². The monoisotopic (exact) mass is 558 g/mol. The van der Waals surface area contributed by atoms with E-state index in [1.165, 1.54) is 0 Å². The molecule has 1 unspecified atom stereocenters. The van der Waals surface area contributed by atoms with Gasteiger partial charge in [-0.05, 0) is 61.9 Å². The lowest BCUT2D eigenvalue weighted by Gasteiger charge is -2.40. The Hall–Kier alpha value is -4.24. The molecule has 5 heteroatoms. The van der Waals surface area contributed by atoms with Gasteiger partial charge in [-0.1, -0.05) is 115 Å². The zero-order chi connectivity index (χ0) is 28.9. The molecule has 0 aliphatic rings. The second kappa shape index (κ2) is 12.1. The average Bonchev–Trinajstić information content (AvgIpc) is 3.02. The van der Waals surface area contributed by atoms with Crippen molar-refractivity contribution >= 4 is 29.3 Å². The van der Waals surface area contributed by atoms with Gasteiger partial charge < -0.3 is 15.2 Å². The minimum atomic E-state index is -3.30. The minimum absolute atomic E-state index is 0.172. The van der Waals surface area contributed by atoms with Gasteiger partial charge in [0.25, 0.3) is 5.91 Å². The zero-order valence-electron chi connectivity index (χ0n) is 23.7. The first-order chi connectivity index (χ1) is 19.9. The van der Waals surface area contributed by atoms with Gasteiger partial charge in [0.2, 0.25) is 0 Å². The summed E-state index contributed by atoms with van der Waals surface area (Å²) in [7, 11) is -1.40. The molecule has 0 saturated carbocycles. The third kappa shape index (κ3) is 5.54. The third-order valence-corrected chi connectivity index (χ3v) is 11.6. The molecule has 0 saturated heterocycles. The van der Waals surface area contributed by atoms with Crippen LogP contribution in [0.15, 0.2) is 133 Å². The summed E-state index contributed by atoms with van der Waals surface area (Å²) in [5.41, 5.74) is 5.41. The molecule has 206 valence electrons. The Morgan fingerprint density at radius 3 is 1.66 bits per heavy atom. The third-order valence-electron chi connectivity index (χ3n) is 7.78. The van der Waals surface area contributed by atoms with Crippen LogP contribution >= 0.6 is 7.14 Å². The van der Waals surface area contributed by atoms with E-state index >= 15 is 4.57 Å². The summed E-state index contributed by atoms with van der Waals surface area (Å²) in [4.78, 5) is 13.0. The van der Waals surface area contributed by atoms with Gasteiger partial charge in [0.1, 0.15) is 0 Å². The number of nitrogens with one attached hydrogen (secondary N) is 2. The summed E-state index contributed by atoms with van der Waals surface area (Å²) in [5, 5.41) is 6.85. The number of rotatable bonds is 9. The summed E-state index contributed by atoms with van der Waals surface area (Å²) >= 11 is 0. The number of aryl methyl sites for hydroxylation is 1. The SMILES string of the molecule is CNCc1ccc(C(=O)Nc2ccc(C(C)(c3ccc(C)cc3)P(=O)(c3ccccc3)c3ccccc3)cc2)cc1. The van der Waals surface area contributed by atoms with Crippen LogP contribution in [-0.4, -0.2) is 13.0 Å². The molecular formula is C36H35N2O2P. The maximum atomic E-state index is 15.8. The van der Waals surface area contributed by atoms with Crippen LogP contribution in [0.3, 0.4) is 0 Å². The Kier molecular flexibility index (Phi) is 8.35. The van der Waals surface area contributed by atoms with Crippen molar-refractivity contribution in [2.24, 2.45) is 0 Å². The normalized spacial score (nSPS) is 12.9. The summed E-state index contributed by atoms with van der Waals surface area (Å²) in [5.74, 6) is -0.172. The van der Waals surface area contributed by atoms with E-state index in [9.17, 15) is 4.79 Å². The first-order valence-electron chi connectivity index (χ1n) is 13.8. The molecule has 5 aromatic rings. The standard InChI is InChI=1S/C36H35N2O2P/c1-27-14-20-30(21-15-27)36(2,41(40,33-10-6-4-7-11-33)34-12-8-5-9-13-34)31-22-24-32(25-23-31)38-35(39)29-18-16-28(17-19-29)26-37-3/h4-25,37H,26H2,1-3H3,(H,38,39). The Morgan fingerprint density at radius 1 is 0.683 bits per heavy atom. The minimum Gasteiger partial charge on any atom is -0.322 e. The molecule has 4 nitrogen and oxygen atoms in total. The highest BCUT2D eigenvalue weighted by molar-refractivity contribution is 7.79. The quantitative estimate of drug-likeness (QED) is 0.188. The summed E-state index contributed by atoms with van der Waals surface area (Å²) in [6.07, 6.45) is 0. The molecule has 1 amide bonds. The molecule has 1 atom stereocenters. The van der Waals surface area contributed by atoms with Crippen LogP contribution in [0.5, 0.6) is 0 Å². The predicted octanol–water partition coefficient (Wildman–Crippen LogP) is 7.24.